The molecule has 2 aromatic rings. The standard InChI is InChI=1S/C31H39ClF3NO3Si/c1-28(2,3)40(4,5)39-22-18-29(11-6-12-29)17-21-23(22)25-24(27(32)36-21)26(38-30(25)13-15-37-16-14-30)19-7-9-20(10-8-19)31(33,34)35/h7-10,22,26H,6,11-18H2,1-5H3/t22-,26+/m0/s1. The van der Waals surface area contributed by atoms with E-state index in [0.717, 1.165) is 47.4 Å². The number of alkyl halides is 3. The molecule has 0 amide bonds. The number of hydrogen-bond acceptors (Lipinski definition) is 4. The predicted molar refractivity (Wildman–Crippen MR) is 151 cm³/mol. The third-order valence-corrected chi connectivity index (χ3v) is 15.1. The molecule has 2 aliphatic carbocycles. The van der Waals surface area contributed by atoms with E-state index < -0.39 is 31.8 Å². The van der Waals surface area contributed by atoms with Crippen molar-refractivity contribution >= 4 is 19.9 Å². The van der Waals surface area contributed by atoms with E-state index in [1.54, 1.807) is 0 Å². The molecule has 2 spiro atoms. The van der Waals surface area contributed by atoms with Gasteiger partial charge in [-0.05, 0) is 66.9 Å². The van der Waals surface area contributed by atoms with Gasteiger partial charge in [0.05, 0.1) is 17.3 Å². The Morgan fingerprint density at radius 2 is 1.65 bits per heavy atom. The number of fused-ring (bicyclic) bond motifs is 4. The van der Waals surface area contributed by atoms with Gasteiger partial charge in [-0.15, -0.1) is 0 Å². The Morgan fingerprint density at radius 1 is 1.00 bits per heavy atom. The lowest BCUT2D eigenvalue weighted by atomic mass is 9.59. The molecule has 0 radical (unpaired) electrons. The maximum absolute atomic E-state index is 13.3. The SMILES string of the molecule is CC(C)(C)[Si](C)(C)O[C@H]1CC2(CCC2)Cc2nc(Cl)c3c(c21)C1(CCOCC1)O[C@@H]3c1ccc(C(F)(F)F)cc1. The monoisotopic (exact) mass is 593 g/mol. The Balaban J connectivity index is 1.53. The van der Waals surface area contributed by atoms with E-state index in [1.807, 2.05) is 0 Å². The van der Waals surface area contributed by atoms with E-state index >= 15 is 0 Å². The fourth-order valence-electron chi connectivity index (χ4n) is 6.95. The van der Waals surface area contributed by atoms with Gasteiger partial charge in [-0.2, -0.15) is 13.2 Å². The molecule has 4 nitrogen and oxygen atoms in total. The second kappa shape index (κ2) is 9.53. The number of hydrogen-bond donors (Lipinski definition) is 0. The Kier molecular flexibility index (Phi) is 6.83. The summed E-state index contributed by atoms with van der Waals surface area (Å²) in [6.45, 7) is 12.5. The average molecular weight is 594 g/mol. The van der Waals surface area contributed by atoms with Crippen LogP contribution in [0.5, 0.6) is 0 Å². The van der Waals surface area contributed by atoms with Crippen LogP contribution in [0.2, 0.25) is 23.3 Å². The summed E-state index contributed by atoms with van der Waals surface area (Å²) >= 11 is 7.03. The highest BCUT2D eigenvalue weighted by molar-refractivity contribution is 6.74. The lowest BCUT2D eigenvalue weighted by Gasteiger charge is -2.51. The summed E-state index contributed by atoms with van der Waals surface area (Å²) in [5, 5.41) is 0.431. The maximum atomic E-state index is 13.3. The Bertz CT molecular complexity index is 1290. The summed E-state index contributed by atoms with van der Waals surface area (Å²) in [5.41, 5.74) is 3.51. The van der Waals surface area contributed by atoms with Crippen molar-refractivity contribution in [2.24, 2.45) is 5.41 Å². The van der Waals surface area contributed by atoms with Crippen LogP contribution >= 0.6 is 11.6 Å². The van der Waals surface area contributed by atoms with Crippen LogP contribution < -0.4 is 0 Å². The first-order valence-electron chi connectivity index (χ1n) is 14.5. The minimum Gasteiger partial charge on any atom is -0.410 e. The number of aromatic nitrogens is 1. The smallest absolute Gasteiger partial charge is 0.410 e. The van der Waals surface area contributed by atoms with Crippen molar-refractivity contribution < 1.29 is 27.1 Å². The normalized spacial score (nSPS) is 25.5. The van der Waals surface area contributed by atoms with Crippen molar-refractivity contribution in [3.8, 4) is 0 Å². The van der Waals surface area contributed by atoms with Crippen molar-refractivity contribution in [1.82, 2.24) is 4.98 Å². The first kappa shape index (κ1) is 28.7. The van der Waals surface area contributed by atoms with Gasteiger partial charge < -0.3 is 13.9 Å². The van der Waals surface area contributed by atoms with Crippen molar-refractivity contribution in [2.45, 2.75) is 108 Å². The van der Waals surface area contributed by atoms with Crippen LogP contribution in [0.15, 0.2) is 24.3 Å². The van der Waals surface area contributed by atoms with Gasteiger partial charge >= 0.3 is 6.18 Å². The number of ether oxygens (including phenoxy) is 2. The van der Waals surface area contributed by atoms with Crippen molar-refractivity contribution in [2.75, 3.05) is 13.2 Å². The van der Waals surface area contributed by atoms with Gasteiger partial charge in [0.2, 0.25) is 0 Å². The molecule has 218 valence electrons. The van der Waals surface area contributed by atoms with E-state index in [9.17, 15) is 13.2 Å². The van der Waals surface area contributed by atoms with Crippen LogP contribution in [-0.2, 0) is 32.1 Å². The molecule has 40 heavy (non-hydrogen) atoms. The van der Waals surface area contributed by atoms with Crippen LogP contribution in [0.3, 0.4) is 0 Å². The van der Waals surface area contributed by atoms with Gasteiger partial charge in [0.15, 0.2) is 8.32 Å². The van der Waals surface area contributed by atoms with Gasteiger partial charge in [-0.1, -0.05) is 50.9 Å². The summed E-state index contributed by atoms with van der Waals surface area (Å²) < 4.78 is 60.0. The second-order valence-electron chi connectivity index (χ2n) is 13.9. The lowest BCUT2D eigenvalue weighted by molar-refractivity contribution is -0.137. The van der Waals surface area contributed by atoms with Crippen molar-refractivity contribution in [3.05, 3.63) is 62.9 Å². The minimum atomic E-state index is -4.40. The molecule has 1 saturated carbocycles. The van der Waals surface area contributed by atoms with Crippen molar-refractivity contribution in [1.29, 1.82) is 0 Å². The number of pyridine rings is 1. The maximum Gasteiger partial charge on any atom is 0.416 e. The van der Waals surface area contributed by atoms with Gasteiger partial charge in [0.25, 0.3) is 0 Å². The minimum absolute atomic E-state index is 0.0377. The molecule has 9 heteroatoms. The highest BCUT2D eigenvalue weighted by Crippen LogP contribution is 2.61. The molecule has 1 aromatic carbocycles. The quantitative estimate of drug-likeness (QED) is 0.263. The summed E-state index contributed by atoms with van der Waals surface area (Å²) in [7, 11) is -2.16. The largest absolute Gasteiger partial charge is 0.416 e. The topological polar surface area (TPSA) is 40.6 Å². The summed E-state index contributed by atoms with van der Waals surface area (Å²) in [6, 6.07) is 5.27. The molecule has 2 aliphatic heterocycles. The zero-order valence-electron chi connectivity index (χ0n) is 24.0. The Morgan fingerprint density at radius 3 is 2.20 bits per heavy atom. The Labute approximate surface area is 241 Å². The molecule has 1 saturated heterocycles. The molecule has 6 rings (SSSR count). The van der Waals surface area contributed by atoms with Gasteiger partial charge in [0.1, 0.15) is 11.3 Å². The van der Waals surface area contributed by atoms with Crippen LogP contribution in [0.1, 0.15) is 105 Å². The number of nitrogens with zero attached hydrogens (tertiary/aromatic N) is 1. The fraction of sp³-hybridized carbons (Fsp3) is 0.645. The van der Waals surface area contributed by atoms with E-state index in [1.165, 1.54) is 31.4 Å². The van der Waals surface area contributed by atoms with E-state index in [2.05, 4.69) is 33.9 Å². The van der Waals surface area contributed by atoms with Crippen LogP contribution in [0, 0.1) is 5.41 Å². The molecule has 2 fully saturated rings. The molecule has 0 bridgehead atoms. The highest BCUT2D eigenvalue weighted by atomic mass is 35.5. The van der Waals surface area contributed by atoms with E-state index in [4.69, 9.17) is 30.5 Å². The lowest BCUT2D eigenvalue weighted by Crippen LogP contribution is -2.46. The van der Waals surface area contributed by atoms with Gasteiger partial charge in [-0.25, -0.2) is 4.98 Å². The third kappa shape index (κ3) is 4.66. The predicted octanol–water partition coefficient (Wildman–Crippen LogP) is 9.06. The molecule has 1 aromatic heterocycles. The number of benzene rings is 1. The summed E-state index contributed by atoms with van der Waals surface area (Å²) in [4.78, 5) is 5.03. The summed E-state index contributed by atoms with van der Waals surface area (Å²) in [6.07, 6.45) is 1.59. The third-order valence-electron chi connectivity index (χ3n) is 10.3. The van der Waals surface area contributed by atoms with E-state index in [0.29, 0.717) is 36.8 Å². The van der Waals surface area contributed by atoms with Crippen LogP contribution in [0.4, 0.5) is 13.2 Å². The van der Waals surface area contributed by atoms with E-state index in [-0.39, 0.29) is 16.6 Å². The molecule has 0 N–H and O–H groups in total. The van der Waals surface area contributed by atoms with Gasteiger partial charge in [-0.3, -0.25) is 0 Å². The number of halogens is 4. The number of rotatable bonds is 3. The highest BCUT2D eigenvalue weighted by Gasteiger charge is 2.55. The zero-order chi connectivity index (χ0) is 28.7. The molecule has 4 aliphatic rings. The van der Waals surface area contributed by atoms with Crippen molar-refractivity contribution in [3.63, 3.8) is 0 Å². The Hall–Kier alpha value is -1.45. The van der Waals surface area contributed by atoms with Crippen LogP contribution in [-0.4, -0.2) is 26.5 Å². The second-order valence-corrected chi connectivity index (χ2v) is 19.0. The van der Waals surface area contributed by atoms with Crippen LogP contribution in [0.25, 0.3) is 0 Å². The summed E-state index contributed by atoms with van der Waals surface area (Å²) in [5.74, 6) is 0. The first-order valence-corrected chi connectivity index (χ1v) is 17.8. The molecular weight excluding hydrogens is 555 g/mol. The first-order chi connectivity index (χ1) is 18.6. The average Bonchev–Trinajstić information content (AvgIpc) is 3.16. The molecular formula is C31H39ClF3NO3Si. The zero-order valence-corrected chi connectivity index (χ0v) is 25.8. The molecule has 3 heterocycles. The molecule has 2 atom stereocenters. The molecule has 0 unspecified atom stereocenters. The fourth-order valence-corrected chi connectivity index (χ4v) is 8.51. The van der Waals surface area contributed by atoms with Gasteiger partial charge in [0, 0.05) is 48.4 Å².